The number of halogens is 1. The Morgan fingerprint density at radius 2 is 2.00 bits per heavy atom. The highest BCUT2D eigenvalue weighted by Crippen LogP contribution is 2.28. The van der Waals surface area contributed by atoms with Crippen LogP contribution in [0.5, 0.6) is 0 Å². The van der Waals surface area contributed by atoms with Crippen molar-refractivity contribution in [3.05, 3.63) is 29.8 Å². The van der Waals surface area contributed by atoms with Crippen molar-refractivity contribution in [2.45, 2.75) is 51.7 Å². The second kappa shape index (κ2) is 9.54. The molecule has 4 rings (SSSR count). The lowest BCUT2D eigenvalue weighted by atomic mass is 9.97. The zero-order valence-electron chi connectivity index (χ0n) is 18.1. The molecule has 0 spiro atoms. The molecule has 172 valence electrons. The Bertz CT molecular complexity index is 956. The van der Waals surface area contributed by atoms with E-state index < -0.39 is 18.6 Å². The molecule has 10 heteroatoms. The summed E-state index contributed by atoms with van der Waals surface area (Å²) < 4.78 is 19.2. The first-order valence-corrected chi connectivity index (χ1v) is 11.0. The summed E-state index contributed by atoms with van der Waals surface area (Å²) >= 11 is 0. The fourth-order valence-electron chi connectivity index (χ4n) is 4.30. The van der Waals surface area contributed by atoms with E-state index in [2.05, 4.69) is 22.2 Å². The van der Waals surface area contributed by atoms with Gasteiger partial charge in [-0.2, -0.15) is 4.98 Å². The summed E-state index contributed by atoms with van der Waals surface area (Å²) in [5.74, 6) is -1.04. The monoisotopic (exact) mass is 445 g/mol. The van der Waals surface area contributed by atoms with E-state index in [4.69, 9.17) is 9.52 Å². The van der Waals surface area contributed by atoms with Crippen molar-refractivity contribution < 1.29 is 23.5 Å². The first-order chi connectivity index (χ1) is 15.5. The number of carbonyl (C=O) groups excluding carboxylic acids is 1. The van der Waals surface area contributed by atoms with E-state index >= 15 is 0 Å². The van der Waals surface area contributed by atoms with E-state index in [0.717, 1.165) is 31.6 Å². The van der Waals surface area contributed by atoms with Gasteiger partial charge in [0.2, 0.25) is 5.76 Å². The molecule has 1 unspecified atom stereocenters. The molecule has 9 nitrogen and oxygen atoms in total. The number of hydrogen-bond acceptors (Lipinski definition) is 7. The van der Waals surface area contributed by atoms with Gasteiger partial charge < -0.3 is 24.6 Å². The Kier molecular flexibility index (Phi) is 6.57. The van der Waals surface area contributed by atoms with Crippen molar-refractivity contribution in [2.75, 3.05) is 34.8 Å². The molecule has 0 radical (unpaired) electrons. The number of carboxylic acids is 1. The minimum atomic E-state index is -0.891. The largest absolute Gasteiger partial charge is 0.481 e. The van der Waals surface area contributed by atoms with Crippen LogP contribution in [0, 0.1) is 5.92 Å². The maximum atomic E-state index is 13.5. The van der Waals surface area contributed by atoms with Crippen LogP contribution in [0.3, 0.4) is 0 Å². The summed E-state index contributed by atoms with van der Waals surface area (Å²) in [4.78, 5) is 36.4. The molecule has 0 aliphatic carbocycles. The van der Waals surface area contributed by atoms with Crippen LogP contribution in [0.4, 0.5) is 21.9 Å². The van der Waals surface area contributed by atoms with Crippen LogP contribution < -0.4 is 15.1 Å². The lowest BCUT2D eigenvalue weighted by molar-refractivity contribution is -0.142. The maximum Gasteiger partial charge on any atom is 0.306 e. The van der Waals surface area contributed by atoms with Gasteiger partial charge in [0.1, 0.15) is 18.2 Å². The molecule has 2 aliphatic rings. The summed E-state index contributed by atoms with van der Waals surface area (Å²) in [6.07, 6.45) is 5.81. The van der Waals surface area contributed by atoms with Gasteiger partial charge in [0.25, 0.3) is 11.9 Å². The van der Waals surface area contributed by atoms with Gasteiger partial charge in [-0.3, -0.25) is 9.59 Å². The molecule has 0 aromatic carbocycles. The Balaban J connectivity index is 1.41. The Morgan fingerprint density at radius 3 is 2.62 bits per heavy atom. The highest BCUT2D eigenvalue weighted by molar-refractivity contribution is 6.03. The topological polar surface area (TPSA) is 112 Å². The van der Waals surface area contributed by atoms with E-state index in [9.17, 15) is 14.0 Å². The molecule has 32 heavy (non-hydrogen) atoms. The fourth-order valence-corrected chi connectivity index (χ4v) is 4.30. The molecule has 1 amide bonds. The molecule has 0 saturated carbocycles. The zero-order valence-corrected chi connectivity index (χ0v) is 18.1. The number of hydrogen-bond donors (Lipinski definition) is 2. The molecule has 2 aromatic heterocycles. The number of nitrogens with zero attached hydrogens (tertiary/aromatic N) is 4. The van der Waals surface area contributed by atoms with E-state index in [0.29, 0.717) is 31.6 Å². The number of rotatable bonds is 6. The first kappa shape index (κ1) is 22.0. The van der Waals surface area contributed by atoms with Crippen LogP contribution in [-0.2, 0) is 11.5 Å². The van der Waals surface area contributed by atoms with Crippen LogP contribution in [-0.4, -0.2) is 52.6 Å². The number of alkyl halides is 1. The number of aliphatic carboxylic acids is 1. The van der Waals surface area contributed by atoms with Crippen molar-refractivity contribution in [1.82, 2.24) is 9.97 Å². The maximum absolute atomic E-state index is 13.5. The third-order valence-corrected chi connectivity index (χ3v) is 6.24. The summed E-state index contributed by atoms with van der Waals surface area (Å²) in [6.45, 7) is 3.17. The molecule has 4 heterocycles. The van der Waals surface area contributed by atoms with Crippen LogP contribution >= 0.6 is 0 Å². The van der Waals surface area contributed by atoms with Gasteiger partial charge in [0, 0.05) is 25.7 Å². The highest BCUT2D eigenvalue weighted by Gasteiger charge is 2.28. The molecule has 0 bridgehead atoms. The predicted molar refractivity (Wildman–Crippen MR) is 117 cm³/mol. The summed E-state index contributed by atoms with van der Waals surface area (Å²) in [7, 11) is 0. The lowest BCUT2D eigenvalue weighted by Crippen LogP contribution is -2.37. The first-order valence-electron chi connectivity index (χ1n) is 11.0. The van der Waals surface area contributed by atoms with Gasteiger partial charge in [-0.05, 0) is 51.2 Å². The molecule has 2 N–H and O–H groups in total. The number of carboxylic acid groups (broad SMARTS) is 1. The second-order valence-electron chi connectivity index (χ2n) is 8.40. The SMILES string of the molecule is CC1CCCCN1c1nc(CF)c(C(=O)Nc2ccc(N3CCC(C(=O)O)CC3)nc2)o1. The molecule has 2 saturated heterocycles. The van der Waals surface area contributed by atoms with E-state index in [-0.39, 0.29) is 29.4 Å². The second-order valence-corrected chi connectivity index (χ2v) is 8.40. The number of nitrogens with one attached hydrogen (secondary N) is 1. The number of pyridine rings is 1. The number of carbonyl (C=O) groups is 2. The van der Waals surface area contributed by atoms with Gasteiger partial charge in [-0.25, -0.2) is 9.37 Å². The lowest BCUT2D eigenvalue weighted by Gasteiger charge is -2.31. The standard InChI is InChI=1S/C22H28FN5O4/c1-14-4-2-3-9-28(14)22-26-17(12-23)19(32-22)20(29)25-16-5-6-18(24-13-16)27-10-7-15(8-11-27)21(30)31/h5-6,13-15H,2-4,7-12H2,1H3,(H,25,29)(H,30,31). The minimum absolute atomic E-state index is 0.0128. The van der Waals surface area contributed by atoms with Crippen molar-refractivity contribution in [1.29, 1.82) is 0 Å². The highest BCUT2D eigenvalue weighted by atomic mass is 19.1. The summed E-state index contributed by atoms with van der Waals surface area (Å²) in [6, 6.07) is 3.99. The normalized spacial score (nSPS) is 19.8. The minimum Gasteiger partial charge on any atom is -0.481 e. The third kappa shape index (κ3) is 4.68. The number of oxazole rings is 1. The Hall–Kier alpha value is -3.17. The molecule has 2 aromatic rings. The Morgan fingerprint density at radius 1 is 1.22 bits per heavy atom. The number of aromatic nitrogens is 2. The average molecular weight is 445 g/mol. The van der Waals surface area contributed by atoms with E-state index in [1.54, 1.807) is 12.1 Å². The number of amides is 1. The van der Waals surface area contributed by atoms with Crippen molar-refractivity contribution >= 4 is 29.4 Å². The zero-order chi connectivity index (χ0) is 22.7. The van der Waals surface area contributed by atoms with Crippen LogP contribution in [0.25, 0.3) is 0 Å². The quantitative estimate of drug-likeness (QED) is 0.695. The third-order valence-electron chi connectivity index (χ3n) is 6.24. The van der Waals surface area contributed by atoms with Gasteiger partial charge in [-0.1, -0.05) is 0 Å². The molecule has 2 fully saturated rings. The van der Waals surface area contributed by atoms with Crippen LogP contribution in [0.15, 0.2) is 22.7 Å². The number of piperidine rings is 2. The molecule has 2 aliphatic heterocycles. The fraction of sp³-hybridized carbons (Fsp3) is 0.545. The Labute approximate surface area is 185 Å². The summed E-state index contributed by atoms with van der Waals surface area (Å²) in [5, 5.41) is 11.8. The van der Waals surface area contributed by atoms with Crippen LogP contribution in [0.1, 0.15) is 55.3 Å². The van der Waals surface area contributed by atoms with E-state index in [1.165, 1.54) is 6.20 Å². The molecule has 1 atom stereocenters. The van der Waals surface area contributed by atoms with Gasteiger partial charge in [0.15, 0.2) is 0 Å². The summed E-state index contributed by atoms with van der Waals surface area (Å²) in [5.41, 5.74) is 0.439. The smallest absolute Gasteiger partial charge is 0.306 e. The van der Waals surface area contributed by atoms with Gasteiger partial charge >= 0.3 is 5.97 Å². The van der Waals surface area contributed by atoms with Gasteiger partial charge in [0.05, 0.1) is 17.8 Å². The molecular formula is C22H28FN5O4. The van der Waals surface area contributed by atoms with Crippen molar-refractivity contribution in [3.63, 3.8) is 0 Å². The predicted octanol–water partition coefficient (Wildman–Crippen LogP) is 3.47. The van der Waals surface area contributed by atoms with Crippen molar-refractivity contribution in [2.24, 2.45) is 5.92 Å². The van der Waals surface area contributed by atoms with Crippen LogP contribution in [0.2, 0.25) is 0 Å². The van der Waals surface area contributed by atoms with Gasteiger partial charge in [-0.15, -0.1) is 0 Å². The molecular weight excluding hydrogens is 417 g/mol. The van der Waals surface area contributed by atoms with Crippen molar-refractivity contribution in [3.8, 4) is 0 Å². The van der Waals surface area contributed by atoms with E-state index in [1.807, 2.05) is 9.80 Å². The number of anilines is 3. The average Bonchev–Trinajstić information content (AvgIpc) is 3.24.